The summed E-state index contributed by atoms with van der Waals surface area (Å²) in [7, 11) is 0. The van der Waals surface area contributed by atoms with Gasteiger partial charge in [-0.2, -0.15) is 0 Å². The fourth-order valence-corrected chi connectivity index (χ4v) is 6.74. The molecule has 3 nitrogen and oxygen atoms in total. The van der Waals surface area contributed by atoms with Crippen LogP contribution in [0.4, 0.5) is 0 Å². The highest BCUT2D eigenvalue weighted by molar-refractivity contribution is 6.03. The van der Waals surface area contributed by atoms with Crippen molar-refractivity contribution >= 4 is 16.7 Å². The summed E-state index contributed by atoms with van der Waals surface area (Å²) in [5, 5.41) is 1.06. The van der Waals surface area contributed by atoms with Crippen molar-refractivity contribution in [3.8, 4) is 5.75 Å². The average molecular weight is 386 g/mol. The predicted octanol–water partition coefficient (Wildman–Crippen LogP) is 6.15. The van der Waals surface area contributed by atoms with Gasteiger partial charge in [-0.1, -0.05) is 30.3 Å². The molecule has 2 aromatic carbocycles. The first kappa shape index (κ1) is 17.3. The molecular formula is C26H27NO2. The Kier molecular flexibility index (Phi) is 3.87. The minimum atomic E-state index is -0.0950. The van der Waals surface area contributed by atoms with Crippen LogP contribution >= 0.6 is 0 Å². The summed E-state index contributed by atoms with van der Waals surface area (Å²) in [6.45, 7) is 0.551. The number of hydrogen-bond donors (Lipinski definition) is 1. The Morgan fingerprint density at radius 3 is 2.31 bits per heavy atom. The molecule has 29 heavy (non-hydrogen) atoms. The zero-order valence-corrected chi connectivity index (χ0v) is 16.7. The molecule has 4 saturated carbocycles. The van der Waals surface area contributed by atoms with E-state index >= 15 is 0 Å². The quantitative estimate of drug-likeness (QED) is 0.536. The molecule has 7 rings (SSSR count). The minimum absolute atomic E-state index is 0.0950. The van der Waals surface area contributed by atoms with E-state index in [4.69, 9.17) is 4.74 Å². The Morgan fingerprint density at radius 2 is 1.62 bits per heavy atom. The van der Waals surface area contributed by atoms with Gasteiger partial charge in [0.1, 0.15) is 12.4 Å². The highest BCUT2D eigenvalue weighted by Gasteiger charge is 2.54. The SMILES string of the molecule is O=C(c1cc2cc(OCc3ccccc3)ccc2[nH]1)C12CC3CC(CC(C3)C1)C2. The standard InChI is InChI=1S/C26H27NO2/c28-25(26-13-18-8-19(14-26)10-20(9-18)15-26)24-12-21-11-22(6-7-23(21)27-24)29-16-17-4-2-1-3-5-17/h1-7,11-12,18-20,27H,8-10,13-16H2. The van der Waals surface area contributed by atoms with E-state index in [1.54, 1.807) is 0 Å². The number of rotatable bonds is 5. The molecule has 0 amide bonds. The van der Waals surface area contributed by atoms with Crippen LogP contribution in [0.2, 0.25) is 0 Å². The fraction of sp³-hybridized carbons (Fsp3) is 0.423. The minimum Gasteiger partial charge on any atom is -0.489 e. The number of ketones is 1. The van der Waals surface area contributed by atoms with Gasteiger partial charge < -0.3 is 9.72 Å². The maximum atomic E-state index is 13.6. The maximum absolute atomic E-state index is 13.6. The summed E-state index contributed by atoms with van der Waals surface area (Å²) >= 11 is 0. The molecule has 1 aromatic heterocycles. The number of H-pyrrole nitrogens is 1. The first-order valence-electron chi connectivity index (χ1n) is 11.0. The van der Waals surface area contributed by atoms with Crippen LogP contribution in [-0.2, 0) is 6.61 Å². The number of ether oxygens (including phenoxy) is 1. The van der Waals surface area contributed by atoms with Gasteiger partial charge in [0.2, 0.25) is 0 Å². The van der Waals surface area contributed by atoms with E-state index in [0.717, 1.165) is 64.9 Å². The van der Waals surface area contributed by atoms with Crippen molar-refractivity contribution in [2.24, 2.45) is 23.2 Å². The highest BCUT2D eigenvalue weighted by Crippen LogP contribution is 2.60. The monoisotopic (exact) mass is 385 g/mol. The molecule has 4 fully saturated rings. The van der Waals surface area contributed by atoms with Gasteiger partial charge in [-0.25, -0.2) is 0 Å². The molecular weight excluding hydrogens is 358 g/mol. The van der Waals surface area contributed by atoms with Gasteiger partial charge in [0.05, 0.1) is 5.69 Å². The van der Waals surface area contributed by atoms with Gasteiger partial charge in [0.15, 0.2) is 5.78 Å². The summed E-state index contributed by atoms with van der Waals surface area (Å²) in [6.07, 6.45) is 7.42. The molecule has 0 unspecified atom stereocenters. The zero-order chi connectivity index (χ0) is 19.4. The van der Waals surface area contributed by atoms with E-state index in [0.29, 0.717) is 12.4 Å². The van der Waals surface area contributed by atoms with Crippen LogP contribution in [0, 0.1) is 23.2 Å². The van der Waals surface area contributed by atoms with Crippen LogP contribution in [0.1, 0.15) is 54.6 Å². The number of carbonyl (C=O) groups is 1. The highest BCUT2D eigenvalue weighted by atomic mass is 16.5. The summed E-state index contributed by atoms with van der Waals surface area (Å²) in [4.78, 5) is 17.0. The molecule has 4 bridgehead atoms. The first-order chi connectivity index (χ1) is 14.2. The zero-order valence-electron chi connectivity index (χ0n) is 16.7. The second kappa shape index (κ2) is 6.48. The third kappa shape index (κ3) is 2.99. The summed E-state index contributed by atoms with van der Waals surface area (Å²) in [5.74, 6) is 3.56. The van der Waals surface area contributed by atoms with Gasteiger partial charge in [0.25, 0.3) is 0 Å². The third-order valence-corrected chi connectivity index (χ3v) is 7.61. The smallest absolute Gasteiger partial charge is 0.185 e. The van der Waals surface area contributed by atoms with Crippen molar-refractivity contribution in [2.75, 3.05) is 0 Å². The van der Waals surface area contributed by atoms with Crippen molar-refractivity contribution < 1.29 is 9.53 Å². The molecule has 1 heterocycles. The molecule has 1 N–H and O–H groups in total. The number of Topliss-reactive ketones (excluding diaryl/α,β-unsaturated/α-hetero) is 1. The van der Waals surface area contributed by atoms with Gasteiger partial charge >= 0.3 is 0 Å². The van der Waals surface area contributed by atoms with E-state index in [1.165, 1.54) is 19.3 Å². The number of aromatic amines is 1. The first-order valence-corrected chi connectivity index (χ1v) is 11.0. The molecule has 148 valence electrons. The molecule has 3 aromatic rings. The van der Waals surface area contributed by atoms with Crippen molar-refractivity contribution in [1.29, 1.82) is 0 Å². The fourth-order valence-electron chi connectivity index (χ4n) is 6.74. The number of aromatic nitrogens is 1. The molecule has 0 atom stereocenters. The van der Waals surface area contributed by atoms with Gasteiger partial charge in [0, 0.05) is 16.3 Å². The lowest BCUT2D eigenvalue weighted by molar-refractivity contribution is -0.0355. The van der Waals surface area contributed by atoms with Gasteiger partial charge in [-0.3, -0.25) is 4.79 Å². The summed E-state index contributed by atoms with van der Waals surface area (Å²) in [5.41, 5.74) is 2.87. The second-order valence-electron chi connectivity index (χ2n) is 9.73. The lowest BCUT2D eigenvalue weighted by atomic mass is 9.48. The van der Waals surface area contributed by atoms with Gasteiger partial charge in [-0.15, -0.1) is 0 Å². The molecule has 4 aliphatic rings. The Hall–Kier alpha value is -2.55. The Bertz CT molecular complexity index is 1030. The number of nitrogens with one attached hydrogen (secondary N) is 1. The second-order valence-corrected chi connectivity index (χ2v) is 9.73. The van der Waals surface area contributed by atoms with Crippen molar-refractivity contribution in [3.63, 3.8) is 0 Å². The lowest BCUT2D eigenvalue weighted by Crippen LogP contribution is -2.50. The summed E-state index contributed by atoms with van der Waals surface area (Å²) < 4.78 is 5.97. The molecule has 0 saturated heterocycles. The van der Waals surface area contributed by atoms with Crippen LogP contribution < -0.4 is 4.74 Å². The van der Waals surface area contributed by atoms with E-state index in [2.05, 4.69) is 17.1 Å². The normalized spacial score (nSPS) is 30.0. The molecule has 4 aliphatic carbocycles. The average Bonchev–Trinajstić information content (AvgIpc) is 3.15. The Morgan fingerprint density at radius 1 is 0.931 bits per heavy atom. The predicted molar refractivity (Wildman–Crippen MR) is 114 cm³/mol. The third-order valence-electron chi connectivity index (χ3n) is 7.61. The summed E-state index contributed by atoms with van der Waals surface area (Å²) in [6, 6.07) is 18.3. The van der Waals surface area contributed by atoms with Crippen molar-refractivity contribution in [3.05, 3.63) is 65.9 Å². The molecule has 3 heteroatoms. The maximum Gasteiger partial charge on any atom is 0.185 e. The Balaban J connectivity index is 1.25. The Labute approximate surface area is 171 Å². The van der Waals surface area contributed by atoms with Crippen LogP contribution in [0.3, 0.4) is 0 Å². The number of fused-ring (bicyclic) bond motifs is 1. The van der Waals surface area contributed by atoms with Gasteiger partial charge in [-0.05, 0) is 86.1 Å². The topological polar surface area (TPSA) is 42.1 Å². The number of hydrogen-bond acceptors (Lipinski definition) is 2. The van der Waals surface area contributed by atoms with Crippen LogP contribution in [0.25, 0.3) is 10.9 Å². The largest absolute Gasteiger partial charge is 0.489 e. The van der Waals surface area contributed by atoms with E-state index in [1.807, 2.05) is 42.5 Å². The lowest BCUT2D eigenvalue weighted by Gasteiger charge is -2.55. The molecule has 0 spiro atoms. The van der Waals surface area contributed by atoms with E-state index < -0.39 is 0 Å². The van der Waals surface area contributed by atoms with Crippen LogP contribution in [-0.4, -0.2) is 10.8 Å². The van der Waals surface area contributed by atoms with E-state index in [-0.39, 0.29) is 5.41 Å². The molecule has 0 radical (unpaired) electrons. The van der Waals surface area contributed by atoms with Crippen LogP contribution in [0.15, 0.2) is 54.6 Å². The van der Waals surface area contributed by atoms with Crippen LogP contribution in [0.5, 0.6) is 5.75 Å². The molecule has 0 aliphatic heterocycles. The van der Waals surface area contributed by atoms with Crippen molar-refractivity contribution in [1.82, 2.24) is 4.98 Å². The van der Waals surface area contributed by atoms with E-state index in [9.17, 15) is 4.79 Å². The van der Waals surface area contributed by atoms with Crippen molar-refractivity contribution in [2.45, 2.75) is 45.1 Å². The number of carbonyl (C=O) groups excluding carboxylic acids is 1. The number of benzene rings is 2.